The lowest BCUT2D eigenvalue weighted by Gasteiger charge is -2.19. The van der Waals surface area contributed by atoms with Crippen LogP contribution in [0.3, 0.4) is 0 Å². The second-order valence-electron chi connectivity index (χ2n) is 9.54. The molecule has 1 saturated heterocycles. The highest BCUT2D eigenvalue weighted by atomic mass is 32.1. The van der Waals surface area contributed by atoms with Gasteiger partial charge in [-0.1, -0.05) is 49.2 Å². The minimum atomic E-state index is -0.731. The first-order valence-electron chi connectivity index (χ1n) is 12.1. The molecule has 1 N–H and O–H groups in total. The molecular weight excluding hydrogens is 492 g/mol. The van der Waals surface area contributed by atoms with Crippen LogP contribution >= 0.6 is 12.2 Å². The summed E-state index contributed by atoms with van der Waals surface area (Å²) in [5, 5.41) is 0. The minimum absolute atomic E-state index is 0.0339. The maximum atomic E-state index is 12.9. The molecule has 0 radical (unpaired) electrons. The standard InChI is InChI=1S/C28H30N2O6S/c1-16(2)21-14-30(28(37)29-25(21)31)24-13-22(36-27(33)20-11-7-18(4)8-12-20)23(35-24)15-34-26(32)19-9-5-17(3)6-10-19/h5-12,14,16,22-24H,13,15H2,1-4H3,(H,29,31,37)/t22-,23+,24+/m0/s1. The van der Waals surface area contributed by atoms with E-state index in [2.05, 4.69) is 4.98 Å². The number of hydrogen-bond donors (Lipinski definition) is 1. The van der Waals surface area contributed by atoms with Crippen LogP contribution in [0.15, 0.2) is 59.5 Å². The van der Waals surface area contributed by atoms with E-state index in [1.807, 2.05) is 52.0 Å². The van der Waals surface area contributed by atoms with Crippen molar-refractivity contribution in [2.24, 2.45) is 0 Å². The van der Waals surface area contributed by atoms with Crippen LogP contribution in [0.1, 0.15) is 69.8 Å². The first kappa shape index (κ1) is 26.5. The van der Waals surface area contributed by atoms with Crippen LogP contribution < -0.4 is 5.56 Å². The van der Waals surface area contributed by atoms with Crippen molar-refractivity contribution in [3.63, 3.8) is 0 Å². The fourth-order valence-electron chi connectivity index (χ4n) is 4.10. The molecule has 1 fully saturated rings. The highest BCUT2D eigenvalue weighted by Crippen LogP contribution is 2.32. The molecule has 0 amide bonds. The van der Waals surface area contributed by atoms with E-state index in [0.717, 1.165) is 11.1 Å². The third-order valence-electron chi connectivity index (χ3n) is 6.32. The zero-order valence-corrected chi connectivity index (χ0v) is 22.0. The maximum absolute atomic E-state index is 12.9. The van der Waals surface area contributed by atoms with E-state index in [9.17, 15) is 14.4 Å². The summed E-state index contributed by atoms with van der Waals surface area (Å²) in [6, 6.07) is 14.1. The lowest BCUT2D eigenvalue weighted by atomic mass is 10.1. The van der Waals surface area contributed by atoms with Crippen molar-refractivity contribution in [3.8, 4) is 0 Å². The average molecular weight is 523 g/mol. The summed E-state index contributed by atoms with van der Waals surface area (Å²) >= 11 is 5.39. The lowest BCUT2D eigenvalue weighted by Crippen LogP contribution is -2.32. The Kier molecular flexibility index (Phi) is 8.04. The van der Waals surface area contributed by atoms with Crippen LogP contribution in [-0.2, 0) is 14.2 Å². The summed E-state index contributed by atoms with van der Waals surface area (Å²) in [4.78, 5) is 40.5. The molecule has 0 spiro atoms. The quantitative estimate of drug-likeness (QED) is 0.344. The van der Waals surface area contributed by atoms with Crippen LogP contribution in [0.25, 0.3) is 0 Å². The highest BCUT2D eigenvalue weighted by molar-refractivity contribution is 7.71. The summed E-state index contributed by atoms with van der Waals surface area (Å²) in [7, 11) is 0. The molecule has 0 unspecified atom stereocenters. The molecule has 1 aromatic heterocycles. The molecule has 2 aromatic carbocycles. The molecule has 194 valence electrons. The zero-order chi connectivity index (χ0) is 26.7. The molecule has 0 aliphatic carbocycles. The van der Waals surface area contributed by atoms with Crippen LogP contribution in [0.4, 0.5) is 0 Å². The Balaban J connectivity index is 1.56. The van der Waals surface area contributed by atoms with Gasteiger partial charge in [0.1, 0.15) is 25.0 Å². The van der Waals surface area contributed by atoms with Crippen LogP contribution in [0.2, 0.25) is 0 Å². The molecule has 1 aliphatic heterocycles. The van der Waals surface area contributed by atoms with Gasteiger partial charge in [0.2, 0.25) is 0 Å². The first-order valence-corrected chi connectivity index (χ1v) is 12.6. The normalized spacial score (nSPS) is 19.1. The van der Waals surface area contributed by atoms with Crippen molar-refractivity contribution >= 4 is 24.2 Å². The Bertz CT molecular complexity index is 1390. The second kappa shape index (κ2) is 11.2. The number of nitrogens with zero attached hydrogens (tertiary/aromatic N) is 1. The molecule has 2 heterocycles. The Hall–Kier alpha value is -3.56. The topological polar surface area (TPSA) is 99.6 Å². The number of aromatic nitrogens is 2. The van der Waals surface area contributed by atoms with Crippen molar-refractivity contribution in [1.29, 1.82) is 0 Å². The third-order valence-corrected chi connectivity index (χ3v) is 6.63. The molecule has 0 bridgehead atoms. The summed E-state index contributed by atoms with van der Waals surface area (Å²) < 4.78 is 19.4. The molecule has 8 nitrogen and oxygen atoms in total. The number of esters is 2. The number of hydrogen-bond acceptors (Lipinski definition) is 7. The van der Waals surface area contributed by atoms with Gasteiger partial charge in [-0.2, -0.15) is 0 Å². The van der Waals surface area contributed by atoms with E-state index in [1.165, 1.54) is 0 Å². The van der Waals surface area contributed by atoms with Crippen molar-refractivity contribution < 1.29 is 23.8 Å². The van der Waals surface area contributed by atoms with E-state index in [0.29, 0.717) is 16.7 Å². The summed E-state index contributed by atoms with van der Waals surface area (Å²) in [5.41, 5.74) is 3.18. The van der Waals surface area contributed by atoms with Gasteiger partial charge in [0.15, 0.2) is 4.77 Å². The van der Waals surface area contributed by atoms with Crippen LogP contribution in [0.5, 0.6) is 0 Å². The number of ether oxygens (including phenoxy) is 3. The molecule has 3 aromatic rings. The largest absolute Gasteiger partial charge is 0.459 e. The number of carbonyl (C=O) groups is 2. The fourth-order valence-corrected chi connectivity index (χ4v) is 4.36. The van der Waals surface area contributed by atoms with Gasteiger partial charge < -0.3 is 14.2 Å². The summed E-state index contributed by atoms with van der Waals surface area (Å²) in [6.45, 7) is 7.56. The number of aromatic amines is 1. The Morgan fingerprint density at radius 2 is 1.59 bits per heavy atom. The van der Waals surface area contributed by atoms with E-state index in [4.69, 9.17) is 26.4 Å². The van der Waals surface area contributed by atoms with E-state index in [1.54, 1.807) is 35.0 Å². The van der Waals surface area contributed by atoms with Crippen molar-refractivity contribution in [3.05, 3.63) is 97.7 Å². The van der Waals surface area contributed by atoms with Gasteiger partial charge in [0.05, 0.1) is 11.1 Å². The molecule has 1 aliphatic rings. The van der Waals surface area contributed by atoms with Gasteiger partial charge in [-0.15, -0.1) is 0 Å². The predicted octanol–water partition coefficient (Wildman–Crippen LogP) is 5.02. The maximum Gasteiger partial charge on any atom is 0.338 e. The number of nitrogens with one attached hydrogen (secondary N) is 1. The van der Waals surface area contributed by atoms with Gasteiger partial charge in [-0.05, 0) is 56.2 Å². The smallest absolute Gasteiger partial charge is 0.338 e. The van der Waals surface area contributed by atoms with Gasteiger partial charge in [-0.25, -0.2) is 9.59 Å². The second-order valence-corrected chi connectivity index (χ2v) is 9.93. The average Bonchev–Trinajstić information content (AvgIpc) is 3.25. The van der Waals surface area contributed by atoms with E-state index < -0.39 is 30.4 Å². The molecular formula is C28H30N2O6S. The first-order chi connectivity index (χ1) is 17.6. The Morgan fingerprint density at radius 3 is 2.16 bits per heavy atom. The molecule has 37 heavy (non-hydrogen) atoms. The minimum Gasteiger partial charge on any atom is -0.459 e. The molecule has 3 atom stereocenters. The number of aryl methyl sites for hydroxylation is 2. The molecule has 0 saturated carbocycles. The van der Waals surface area contributed by atoms with Crippen molar-refractivity contribution in [2.45, 2.75) is 58.5 Å². The SMILES string of the molecule is Cc1ccc(C(=O)OC[C@H]2O[C@@H](n3cc(C(C)C)c(=O)[nH]c3=S)C[C@@H]2OC(=O)c2ccc(C)cc2)cc1. The van der Waals surface area contributed by atoms with Gasteiger partial charge in [0, 0.05) is 18.2 Å². The van der Waals surface area contributed by atoms with E-state index >= 15 is 0 Å². The fraction of sp³-hybridized carbons (Fsp3) is 0.357. The summed E-state index contributed by atoms with van der Waals surface area (Å²) in [5.74, 6) is -1.04. The molecule has 9 heteroatoms. The number of H-pyrrole nitrogens is 1. The molecule has 4 rings (SSSR count). The number of carbonyl (C=O) groups excluding carboxylic acids is 2. The van der Waals surface area contributed by atoms with Crippen molar-refractivity contribution in [1.82, 2.24) is 9.55 Å². The van der Waals surface area contributed by atoms with Gasteiger partial charge >= 0.3 is 11.9 Å². The zero-order valence-electron chi connectivity index (χ0n) is 21.2. The predicted molar refractivity (Wildman–Crippen MR) is 140 cm³/mol. The van der Waals surface area contributed by atoms with Crippen molar-refractivity contribution in [2.75, 3.05) is 6.61 Å². The van der Waals surface area contributed by atoms with Gasteiger partial charge in [-0.3, -0.25) is 14.3 Å². The monoisotopic (exact) mass is 522 g/mol. The van der Waals surface area contributed by atoms with Gasteiger partial charge in [0.25, 0.3) is 5.56 Å². The van der Waals surface area contributed by atoms with Crippen LogP contribution in [-0.4, -0.2) is 40.3 Å². The Labute approximate surface area is 220 Å². The Morgan fingerprint density at radius 1 is 1.03 bits per heavy atom. The highest BCUT2D eigenvalue weighted by Gasteiger charge is 2.40. The van der Waals surface area contributed by atoms with E-state index in [-0.39, 0.29) is 29.3 Å². The summed E-state index contributed by atoms with van der Waals surface area (Å²) in [6.07, 6.45) is -0.120. The van der Waals surface area contributed by atoms with Crippen LogP contribution in [0, 0.1) is 18.6 Å². The lowest BCUT2D eigenvalue weighted by molar-refractivity contribution is -0.0578. The number of benzene rings is 2. The third kappa shape index (κ3) is 6.23. The number of rotatable bonds is 7.